The van der Waals surface area contributed by atoms with Gasteiger partial charge >= 0.3 is 0 Å². The van der Waals surface area contributed by atoms with Gasteiger partial charge in [0.25, 0.3) is 5.91 Å². The number of hydrogen-bond donors (Lipinski definition) is 2. The molecule has 0 spiro atoms. The van der Waals surface area contributed by atoms with Crippen LogP contribution in [0.4, 0.5) is 20.3 Å². The highest BCUT2D eigenvalue weighted by molar-refractivity contribution is 5.98. The Morgan fingerprint density at radius 2 is 2.03 bits per heavy atom. The van der Waals surface area contributed by atoms with Crippen molar-refractivity contribution in [1.82, 2.24) is 20.2 Å². The number of carbonyl (C=O) groups excluding carboxylic acids is 1. The largest absolute Gasteiger partial charge is 0.378 e. The van der Waals surface area contributed by atoms with Gasteiger partial charge in [-0.3, -0.25) is 9.78 Å². The summed E-state index contributed by atoms with van der Waals surface area (Å²) in [5.41, 5.74) is 2.95. The van der Waals surface area contributed by atoms with E-state index in [1.807, 2.05) is 20.0 Å². The van der Waals surface area contributed by atoms with E-state index >= 15 is 0 Å². The first kappa shape index (κ1) is 24.3. The van der Waals surface area contributed by atoms with Crippen LogP contribution >= 0.6 is 0 Å². The lowest BCUT2D eigenvalue weighted by molar-refractivity contribution is 0.0744. The molecule has 0 radical (unpaired) electrons. The highest BCUT2D eigenvalue weighted by Gasteiger charge is 2.26. The first-order chi connectivity index (χ1) is 17.4. The van der Waals surface area contributed by atoms with Crippen molar-refractivity contribution >= 4 is 28.4 Å². The molecule has 2 fully saturated rings. The van der Waals surface area contributed by atoms with Crippen LogP contribution in [-0.2, 0) is 4.74 Å². The SMILES string of the molecule is CC(Nc1ccc(F)c(F)c1)c1cc(C(=O)N(C)C2CCNC2)cc2ncc(N3CCOCC3)nc12. The summed E-state index contributed by atoms with van der Waals surface area (Å²) in [5, 5.41) is 6.52. The van der Waals surface area contributed by atoms with Gasteiger partial charge in [-0.25, -0.2) is 13.8 Å². The molecule has 1 amide bonds. The topological polar surface area (TPSA) is 82.6 Å². The Balaban J connectivity index is 1.54. The Labute approximate surface area is 208 Å². The number of amides is 1. The van der Waals surface area contributed by atoms with Gasteiger partial charge < -0.3 is 25.2 Å². The molecule has 5 rings (SSSR count). The summed E-state index contributed by atoms with van der Waals surface area (Å²) in [5.74, 6) is -1.19. The van der Waals surface area contributed by atoms with Crippen molar-refractivity contribution in [3.8, 4) is 0 Å². The van der Waals surface area contributed by atoms with Gasteiger partial charge in [0, 0.05) is 55.6 Å². The highest BCUT2D eigenvalue weighted by atomic mass is 19.2. The predicted molar refractivity (Wildman–Crippen MR) is 134 cm³/mol. The van der Waals surface area contributed by atoms with E-state index in [4.69, 9.17) is 9.72 Å². The molecule has 0 saturated carbocycles. The standard InChI is InChI=1S/C26H30F2N6O2/c1-16(31-18-3-4-21(27)22(28)13-18)20-11-17(26(35)33(2)19-5-6-29-14-19)12-23-25(20)32-24(15-30-23)34-7-9-36-10-8-34/h3-4,11-13,15-16,19,29,31H,5-10,14H2,1-2H3. The molecule has 190 valence electrons. The Bertz CT molecular complexity index is 1260. The third-order valence-corrected chi connectivity index (χ3v) is 6.92. The van der Waals surface area contributed by atoms with E-state index in [9.17, 15) is 13.6 Å². The Morgan fingerprint density at radius 1 is 1.22 bits per heavy atom. The van der Waals surface area contributed by atoms with E-state index in [0.717, 1.165) is 56.1 Å². The average molecular weight is 497 g/mol. The lowest BCUT2D eigenvalue weighted by atomic mass is 10.0. The first-order valence-corrected chi connectivity index (χ1v) is 12.2. The van der Waals surface area contributed by atoms with Crippen LogP contribution < -0.4 is 15.5 Å². The number of nitrogens with one attached hydrogen (secondary N) is 2. The van der Waals surface area contributed by atoms with Crippen molar-refractivity contribution in [2.75, 3.05) is 56.7 Å². The molecule has 3 heterocycles. The number of carbonyl (C=O) groups is 1. The normalized spacial score (nSPS) is 18.9. The van der Waals surface area contributed by atoms with E-state index < -0.39 is 11.6 Å². The number of likely N-dealkylation sites (N-methyl/N-ethyl adjacent to an activating group) is 1. The van der Waals surface area contributed by atoms with Gasteiger partial charge in [0.05, 0.1) is 36.5 Å². The lowest BCUT2D eigenvalue weighted by Crippen LogP contribution is -2.38. The fourth-order valence-corrected chi connectivity index (χ4v) is 4.78. The van der Waals surface area contributed by atoms with Crippen LogP contribution in [0.25, 0.3) is 11.0 Å². The lowest BCUT2D eigenvalue weighted by Gasteiger charge is -2.28. The van der Waals surface area contributed by atoms with Gasteiger partial charge in [-0.1, -0.05) is 0 Å². The number of benzene rings is 2. The minimum atomic E-state index is -0.929. The molecule has 8 nitrogen and oxygen atoms in total. The maximum Gasteiger partial charge on any atom is 0.253 e. The fourth-order valence-electron chi connectivity index (χ4n) is 4.78. The van der Waals surface area contributed by atoms with E-state index in [0.29, 0.717) is 35.5 Å². The number of aromatic nitrogens is 2. The molecule has 2 atom stereocenters. The quantitative estimate of drug-likeness (QED) is 0.542. The maximum absolute atomic E-state index is 13.8. The molecular formula is C26H30F2N6O2. The van der Waals surface area contributed by atoms with Crippen LogP contribution in [0.2, 0.25) is 0 Å². The van der Waals surface area contributed by atoms with E-state index in [1.54, 1.807) is 17.2 Å². The minimum absolute atomic E-state index is 0.0917. The predicted octanol–water partition coefficient (Wildman–Crippen LogP) is 3.35. The van der Waals surface area contributed by atoms with Gasteiger partial charge in [0.2, 0.25) is 0 Å². The van der Waals surface area contributed by atoms with Gasteiger partial charge in [0.15, 0.2) is 11.6 Å². The summed E-state index contributed by atoms with van der Waals surface area (Å²) in [6.45, 7) is 6.23. The van der Waals surface area contributed by atoms with Gasteiger partial charge in [0.1, 0.15) is 5.82 Å². The van der Waals surface area contributed by atoms with Crippen molar-refractivity contribution in [3.05, 3.63) is 59.3 Å². The minimum Gasteiger partial charge on any atom is -0.378 e. The second-order valence-electron chi connectivity index (χ2n) is 9.32. The number of rotatable bonds is 6. The number of fused-ring (bicyclic) bond motifs is 1. The van der Waals surface area contributed by atoms with E-state index in [2.05, 4.69) is 20.5 Å². The Morgan fingerprint density at radius 3 is 2.75 bits per heavy atom. The zero-order valence-corrected chi connectivity index (χ0v) is 20.4. The monoisotopic (exact) mass is 496 g/mol. The average Bonchev–Trinajstić information content (AvgIpc) is 3.44. The van der Waals surface area contributed by atoms with Crippen LogP contribution in [-0.4, -0.2) is 73.3 Å². The molecule has 10 heteroatoms. The Hall–Kier alpha value is -3.37. The van der Waals surface area contributed by atoms with Crippen LogP contribution in [0, 0.1) is 11.6 Å². The van der Waals surface area contributed by atoms with Crippen molar-refractivity contribution in [2.45, 2.75) is 25.4 Å². The Kier molecular flexibility index (Phi) is 6.97. The molecular weight excluding hydrogens is 466 g/mol. The second kappa shape index (κ2) is 10.3. The van der Waals surface area contributed by atoms with Gasteiger partial charge in [-0.15, -0.1) is 0 Å². The first-order valence-electron chi connectivity index (χ1n) is 12.2. The maximum atomic E-state index is 13.8. The van der Waals surface area contributed by atoms with Crippen LogP contribution in [0.3, 0.4) is 0 Å². The van der Waals surface area contributed by atoms with E-state index in [1.165, 1.54) is 6.07 Å². The van der Waals surface area contributed by atoms with Gasteiger partial charge in [-0.2, -0.15) is 0 Å². The van der Waals surface area contributed by atoms with Crippen LogP contribution in [0.15, 0.2) is 36.5 Å². The molecule has 2 aliphatic heterocycles. The number of hydrogen-bond acceptors (Lipinski definition) is 7. The summed E-state index contributed by atoms with van der Waals surface area (Å²) in [6.07, 6.45) is 2.63. The molecule has 2 unspecified atom stereocenters. The number of morpholine rings is 1. The molecule has 2 saturated heterocycles. The van der Waals surface area contributed by atoms with Crippen molar-refractivity contribution in [2.24, 2.45) is 0 Å². The number of nitrogens with zero attached hydrogens (tertiary/aromatic N) is 4. The summed E-state index contributed by atoms with van der Waals surface area (Å²) in [6, 6.07) is 7.07. The summed E-state index contributed by atoms with van der Waals surface area (Å²) >= 11 is 0. The number of anilines is 2. The van der Waals surface area contributed by atoms with Crippen molar-refractivity contribution in [3.63, 3.8) is 0 Å². The zero-order chi connectivity index (χ0) is 25.2. The summed E-state index contributed by atoms with van der Waals surface area (Å²) in [7, 11) is 1.82. The summed E-state index contributed by atoms with van der Waals surface area (Å²) < 4.78 is 32.8. The molecule has 1 aromatic heterocycles. The van der Waals surface area contributed by atoms with Gasteiger partial charge in [-0.05, 0) is 44.2 Å². The van der Waals surface area contributed by atoms with E-state index in [-0.39, 0.29) is 18.0 Å². The third-order valence-electron chi connectivity index (χ3n) is 6.92. The van der Waals surface area contributed by atoms with Crippen LogP contribution in [0.1, 0.15) is 35.3 Å². The second-order valence-corrected chi connectivity index (χ2v) is 9.32. The number of ether oxygens (including phenoxy) is 1. The molecule has 3 aromatic rings. The highest BCUT2D eigenvalue weighted by Crippen LogP contribution is 2.29. The molecule has 0 aliphatic carbocycles. The molecule has 36 heavy (non-hydrogen) atoms. The smallest absolute Gasteiger partial charge is 0.253 e. The fraction of sp³-hybridized carbons (Fsp3) is 0.423. The molecule has 2 aromatic carbocycles. The van der Waals surface area contributed by atoms with Crippen LogP contribution in [0.5, 0.6) is 0 Å². The van der Waals surface area contributed by atoms with Crippen molar-refractivity contribution < 1.29 is 18.3 Å². The summed E-state index contributed by atoms with van der Waals surface area (Å²) in [4.78, 5) is 26.9. The third kappa shape index (κ3) is 4.96. The number of halogens is 2. The molecule has 2 aliphatic rings. The van der Waals surface area contributed by atoms with Crippen molar-refractivity contribution in [1.29, 1.82) is 0 Å². The zero-order valence-electron chi connectivity index (χ0n) is 20.4. The molecule has 2 N–H and O–H groups in total. The molecule has 0 bridgehead atoms.